The van der Waals surface area contributed by atoms with Gasteiger partial charge in [-0.25, -0.2) is 0 Å². The lowest BCUT2D eigenvalue weighted by Crippen LogP contribution is -2.41. The number of nitrogens with zero attached hydrogens (tertiary/aromatic N) is 2. The van der Waals surface area contributed by atoms with E-state index in [0.717, 1.165) is 5.56 Å². The van der Waals surface area contributed by atoms with Crippen LogP contribution in [0.1, 0.15) is 31.4 Å². The van der Waals surface area contributed by atoms with E-state index in [1.807, 2.05) is 37.3 Å². The summed E-state index contributed by atoms with van der Waals surface area (Å²) in [5.74, 6) is -0.338. The standard InChI is InChI=1S/C18H23N3O3/c1-2-20-12-14(10-17(20)23)18(24)21-9-8-19-16(22)11-15(21)13-6-4-3-5-7-13/h3-7,14-15H,2,8-12H2,1H3,(H,19,22)/t14-,15+/m1/s1. The predicted octanol–water partition coefficient (Wildman–Crippen LogP) is 0.945. The van der Waals surface area contributed by atoms with E-state index in [1.54, 1.807) is 9.80 Å². The van der Waals surface area contributed by atoms with Crippen LogP contribution >= 0.6 is 0 Å². The zero-order chi connectivity index (χ0) is 17.1. The van der Waals surface area contributed by atoms with Crippen molar-refractivity contribution in [3.8, 4) is 0 Å². The van der Waals surface area contributed by atoms with Gasteiger partial charge in [-0.15, -0.1) is 0 Å². The Labute approximate surface area is 141 Å². The molecule has 2 aliphatic heterocycles. The molecule has 0 bridgehead atoms. The molecule has 2 saturated heterocycles. The molecule has 1 N–H and O–H groups in total. The van der Waals surface area contributed by atoms with Crippen LogP contribution < -0.4 is 5.32 Å². The largest absolute Gasteiger partial charge is 0.354 e. The fraction of sp³-hybridized carbons (Fsp3) is 0.500. The molecule has 3 rings (SSSR count). The summed E-state index contributed by atoms with van der Waals surface area (Å²) in [6.07, 6.45) is 0.528. The highest BCUT2D eigenvalue weighted by molar-refractivity contribution is 5.90. The summed E-state index contributed by atoms with van der Waals surface area (Å²) in [5, 5.41) is 2.84. The Morgan fingerprint density at radius 2 is 1.96 bits per heavy atom. The van der Waals surface area contributed by atoms with Gasteiger partial charge in [0, 0.05) is 32.6 Å². The van der Waals surface area contributed by atoms with E-state index >= 15 is 0 Å². The fourth-order valence-corrected chi connectivity index (χ4v) is 3.54. The van der Waals surface area contributed by atoms with Crippen LogP contribution in [0, 0.1) is 5.92 Å². The maximum absolute atomic E-state index is 13.1. The summed E-state index contributed by atoms with van der Waals surface area (Å²) in [5.41, 5.74) is 0.958. The number of likely N-dealkylation sites (tertiary alicyclic amines) is 1. The van der Waals surface area contributed by atoms with Gasteiger partial charge in [0.1, 0.15) is 0 Å². The van der Waals surface area contributed by atoms with Crippen molar-refractivity contribution in [2.24, 2.45) is 5.92 Å². The van der Waals surface area contributed by atoms with Gasteiger partial charge in [0.15, 0.2) is 0 Å². The number of rotatable bonds is 3. The quantitative estimate of drug-likeness (QED) is 0.897. The number of benzene rings is 1. The molecule has 0 radical (unpaired) electrons. The minimum atomic E-state index is -0.308. The van der Waals surface area contributed by atoms with Crippen LogP contribution in [0.3, 0.4) is 0 Å². The van der Waals surface area contributed by atoms with Gasteiger partial charge in [-0.05, 0) is 12.5 Å². The molecule has 0 aromatic heterocycles. The highest BCUT2D eigenvalue weighted by Crippen LogP contribution is 2.29. The predicted molar refractivity (Wildman–Crippen MR) is 88.9 cm³/mol. The highest BCUT2D eigenvalue weighted by Gasteiger charge is 2.39. The molecule has 128 valence electrons. The van der Waals surface area contributed by atoms with Gasteiger partial charge in [-0.3, -0.25) is 14.4 Å². The molecule has 1 aromatic carbocycles. The average molecular weight is 329 g/mol. The SMILES string of the molecule is CCN1C[C@H](C(=O)N2CCNC(=O)C[C@H]2c2ccccc2)CC1=O. The second-order valence-corrected chi connectivity index (χ2v) is 6.35. The second-order valence-electron chi connectivity index (χ2n) is 6.35. The van der Waals surface area contributed by atoms with Crippen LogP contribution in [0.25, 0.3) is 0 Å². The minimum Gasteiger partial charge on any atom is -0.354 e. The molecule has 2 fully saturated rings. The Morgan fingerprint density at radius 3 is 2.62 bits per heavy atom. The highest BCUT2D eigenvalue weighted by atomic mass is 16.2. The van der Waals surface area contributed by atoms with Crippen LogP contribution in [-0.4, -0.2) is 53.7 Å². The Morgan fingerprint density at radius 1 is 1.21 bits per heavy atom. The maximum atomic E-state index is 13.1. The van der Waals surface area contributed by atoms with E-state index in [4.69, 9.17) is 0 Å². The van der Waals surface area contributed by atoms with E-state index in [2.05, 4.69) is 5.32 Å². The Kier molecular flexibility index (Phi) is 4.83. The molecule has 24 heavy (non-hydrogen) atoms. The van der Waals surface area contributed by atoms with Crippen LogP contribution in [0.2, 0.25) is 0 Å². The zero-order valence-corrected chi connectivity index (χ0v) is 13.9. The first-order chi connectivity index (χ1) is 11.6. The second kappa shape index (κ2) is 7.03. The van der Waals surface area contributed by atoms with Gasteiger partial charge < -0.3 is 15.1 Å². The van der Waals surface area contributed by atoms with E-state index in [-0.39, 0.29) is 42.5 Å². The van der Waals surface area contributed by atoms with Gasteiger partial charge in [0.25, 0.3) is 0 Å². The van der Waals surface area contributed by atoms with Gasteiger partial charge in [0.05, 0.1) is 18.4 Å². The lowest BCUT2D eigenvalue weighted by molar-refractivity contribution is -0.138. The van der Waals surface area contributed by atoms with E-state index < -0.39 is 0 Å². The molecule has 6 nitrogen and oxygen atoms in total. The molecule has 2 atom stereocenters. The topological polar surface area (TPSA) is 69.7 Å². The van der Waals surface area contributed by atoms with Crippen molar-refractivity contribution >= 4 is 17.7 Å². The Bertz CT molecular complexity index is 632. The lowest BCUT2D eigenvalue weighted by atomic mass is 9.99. The van der Waals surface area contributed by atoms with Crippen molar-refractivity contribution in [1.29, 1.82) is 0 Å². The first kappa shape index (κ1) is 16.5. The van der Waals surface area contributed by atoms with E-state index in [9.17, 15) is 14.4 Å². The number of carbonyl (C=O) groups excluding carboxylic acids is 3. The molecule has 6 heteroatoms. The monoisotopic (exact) mass is 329 g/mol. The Hall–Kier alpha value is -2.37. The number of amides is 3. The summed E-state index contributed by atoms with van der Waals surface area (Å²) >= 11 is 0. The molecular formula is C18H23N3O3. The van der Waals surface area contributed by atoms with Crippen molar-refractivity contribution in [3.63, 3.8) is 0 Å². The van der Waals surface area contributed by atoms with Crippen molar-refractivity contribution in [2.45, 2.75) is 25.8 Å². The first-order valence-electron chi connectivity index (χ1n) is 8.50. The minimum absolute atomic E-state index is 0.0235. The number of carbonyl (C=O) groups is 3. The fourth-order valence-electron chi connectivity index (χ4n) is 3.54. The van der Waals surface area contributed by atoms with Gasteiger partial charge in [0.2, 0.25) is 17.7 Å². The summed E-state index contributed by atoms with van der Waals surface area (Å²) in [6, 6.07) is 9.37. The zero-order valence-electron chi connectivity index (χ0n) is 13.9. The average Bonchev–Trinajstić information content (AvgIpc) is 2.86. The summed E-state index contributed by atoms with van der Waals surface area (Å²) in [4.78, 5) is 40.5. The molecule has 0 spiro atoms. The molecule has 2 heterocycles. The number of hydrogen-bond donors (Lipinski definition) is 1. The van der Waals surface area contributed by atoms with Crippen molar-refractivity contribution < 1.29 is 14.4 Å². The van der Waals surface area contributed by atoms with Gasteiger partial charge in [-0.2, -0.15) is 0 Å². The number of nitrogens with one attached hydrogen (secondary N) is 1. The molecular weight excluding hydrogens is 306 g/mol. The van der Waals surface area contributed by atoms with Crippen LogP contribution in [0.5, 0.6) is 0 Å². The van der Waals surface area contributed by atoms with Crippen molar-refractivity contribution in [1.82, 2.24) is 15.1 Å². The van der Waals surface area contributed by atoms with Gasteiger partial charge >= 0.3 is 0 Å². The lowest BCUT2D eigenvalue weighted by Gasteiger charge is -2.31. The summed E-state index contributed by atoms with van der Waals surface area (Å²) in [6.45, 7) is 3.96. The number of hydrogen-bond acceptors (Lipinski definition) is 3. The van der Waals surface area contributed by atoms with Crippen LogP contribution in [0.15, 0.2) is 30.3 Å². The van der Waals surface area contributed by atoms with Crippen molar-refractivity contribution in [2.75, 3.05) is 26.2 Å². The summed E-state index contributed by atoms with van der Waals surface area (Å²) < 4.78 is 0. The molecule has 2 aliphatic rings. The van der Waals surface area contributed by atoms with E-state index in [0.29, 0.717) is 26.2 Å². The van der Waals surface area contributed by atoms with Crippen LogP contribution in [0.4, 0.5) is 0 Å². The van der Waals surface area contributed by atoms with E-state index in [1.165, 1.54) is 0 Å². The third-order valence-corrected chi connectivity index (χ3v) is 4.84. The first-order valence-corrected chi connectivity index (χ1v) is 8.50. The Balaban J connectivity index is 1.84. The maximum Gasteiger partial charge on any atom is 0.228 e. The summed E-state index contributed by atoms with van der Waals surface area (Å²) in [7, 11) is 0. The molecule has 0 aliphatic carbocycles. The normalized spacial score (nSPS) is 24.7. The molecule has 0 saturated carbocycles. The smallest absolute Gasteiger partial charge is 0.228 e. The third-order valence-electron chi connectivity index (χ3n) is 4.84. The molecule has 0 unspecified atom stereocenters. The van der Waals surface area contributed by atoms with Crippen LogP contribution in [-0.2, 0) is 14.4 Å². The third kappa shape index (κ3) is 3.27. The molecule has 1 aromatic rings. The van der Waals surface area contributed by atoms with Gasteiger partial charge in [-0.1, -0.05) is 30.3 Å². The van der Waals surface area contributed by atoms with Crippen molar-refractivity contribution in [3.05, 3.63) is 35.9 Å². The molecule has 3 amide bonds.